The van der Waals surface area contributed by atoms with E-state index in [4.69, 9.17) is 16.2 Å². The van der Waals surface area contributed by atoms with Crippen LogP contribution in [0.1, 0.15) is 25.7 Å². The van der Waals surface area contributed by atoms with Gasteiger partial charge in [-0.15, -0.1) is 0 Å². The Morgan fingerprint density at radius 1 is 1.67 bits per heavy atom. The summed E-state index contributed by atoms with van der Waals surface area (Å²) in [5.41, 5.74) is 10.5. The monoisotopic (exact) mass is 232 g/mol. The zero-order valence-corrected chi connectivity index (χ0v) is 10.0. The van der Waals surface area contributed by atoms with Crippen LogP contribution in [-0.4, -0.2) is 36.2 Å². The lowest BCUT2D eigenvalue weighted by molar-refractivity contribution is -0.124. The fourth-order valence-corrected chi connectivity index (χ4v) is 3.26. The molecule has 0 bridgehead atoms. The molecule has 4 N–H and O–H groups in total. The molecule has 88 valence electrons. The Morgan fingerprint density at radius 3 is 3.00 bits per heavy atom. The number of thioether (sulfide) groups is 1. The van der Waals surface area contributed by atoms with Crippen LogP contribution in [0.15, 0.2) is 0 Å². The van der Waals surface area contributed by atoms with Crippen LogP contribution in [0.3, 0.4) is 0 Å². The molecule has 1 rings (SSSR count). The standard InChI is InChI=1S/C10H20N2O2S/c1-14-5-6-15-8-3-2-4-10(12,7-8)9(11)13/h8H,2-7,12H2,1H3,(H2,11,13). The molecule has 15 heavy (non-hydrogen) atoms. The summed E-state index contributed by atoms with van der Waals surface area (Å²) < 4.78 is 4.99. The van der Waals surface area contributed by atoms with Crippen molar-refractivity contribution in [3.05, 3.63) is 0 Å². The first kappa shape index (κ1) is 12.8. The molecule has 1 aliphatic rings. The van der Waals surface area contributed by atoms with Crippen LogP contribution in [0.4, 0.5) is 0 Å². The van der Waals surface area contributed by atoms with Crippen molar-refractivity contribution >= 4 is 17.7 Å². The molecule has 0 aromatic heterocycles. The molecule has 1 saturated carbocycles. The quantitative estimate of drug-likeness (QED) is 0.676. The molecular weight excluding hydrogens is 212 g/mol. The minimum absolute atomic E-state index is 0.362. The van der Waals surface area contributed by atoms with Crippen molar-refractivity contribution in [2.45, 2.75) is 36.5 Å². The Balaban J connectivity index is 2.38. The number of ether oxygens (including phenoxy) is 1. The third-order valence-corrected chi connectivity index (χ3v) is 4.15. The Morgan fingerprint density at radius 2 is 2.40 bits per heavy atom. The van der Waals surface area contributed by atoms with E-state index in [0.717, 1.165) is 31.6 Å². The van der Waals surface area contributed by atoms with Gasteiger partial charge in [-0.1, -0.05) is 0 Å². The normalized spacial score (nSPS) is 31.5. The minimum Gasteiger partial charge on any atom is -0.384 e. The Bertz CT molecular complexity index is 225. The number of nitrogens with two attached hydrogens (primary N) is 2. The summed E-state index contributed by atoms with van der Waals surface area (Å²) in [4.78, 5) is 11.2. The molecule has 0 aromatic rings. The number of hydrogen-bond acceptors (Lipinski definition) is 4. The van der Waals surface area contributed by atoms with E-state index in [1.54, 1.807) is 7.11 Å². The van der Waals surface area contributed by atoms with Crippen LogP contribution in [0, 0.1) is 0 Å². The molecule has 4 nitrogen and oxygen atoms in total. The average molecular weight is 232 g/mol. The van der Waals surface area contributed by atoms with E-state index in [0.29, 0.717) is 11.7 Å². The second-order valence-electron chi connectivity index (χ2n) is 4.10. The van der Waals surface area contributed by atoms with E-state index in [1.807, 2.05) is 11.8 Å². The SMILES string of the molecule is COCCSC1CCCC(N)(C(N)=O)C1. The molecule has 0 aromatic carbocycles. The van der Waals surface area contributed by atoms with Crippen molar-refractivity contribution in [3.63, 3.8) is 0 Å². The van der Waals surface area contributed by atoms with Gasteiger partial charge in [0.05, 0.1) is 12.1 Å². The molecule has 0 radical (unpaired) electrons. The van der Waals surface area contributed by atoms with Gasteiger partial charge in [-0.25, -0.2) is 0 Å². The van der Waals surface area contributed by atoms with Crippen LogP contribution in [0.5, 0.6) is 0 Å². The Kier molecular flexibility index (Phi) is 4.89. The maximum absolute atomic E-state index is 11.2. The largest absolute Gasteiger partial charge is 0.384 e. The second kappa shape index (κ2) is 5.72. The van der Waals surface area contributed by atoms with Crippen LogP contribution in [-0.2, 0) is 9.53 Å². The first-order chi connectivity index (χ1) is 7.08. The van der Waals surface area contributed by atoms with Crippen molar-refractivity contribution in [2.24, 2.45) is 11.5 Å². The van der Waals surface area contributed by atoms with Gasteiger partial charge in [-0.2, -0.15) is 11.8 Å². The lowest BCUT2D eigenvalue weighted by atomic mass is 9.82. The van der Waals surface area contributed by atoms with E-state index in [-0.39, 0.29) is 5.91 Å². The molecule has 0 saturated heterocycles. The zero-order chi connectivity index (χ0) is 11.3. The number of amides is 1. The van der Waals surface area contributed by atoms with E-state index in [9.17, 15) is 4.79 Å². The van der Waals surface area contributed by atoms with E-state index >= 15 is 0 Å². The lowest BCUT2D eigenvalue weighted by Gasteiger charge is -2.35. The fraction of sp³-hybridized carbons (Fsp3) is 0.900. The molecule has 1 aliphatic carbocycles. The molecule has 0 heterocycles. The summed E-state index contributed by atoms with van der Waals surface area (Å²) in [6.07, 6.45) is 3.55. The Hall–Kier alpha value is -0.260. The zero-order valence-electron chi connectivity index (χ0n) is 9.20. The van der Waals surface area contributed by atoms with Crippen LogP contribution >= 0.6 is 11.8 Å². The van der Waals surface area contributed by atoms with Gasteiger partial charge in [-0.3, -0.25) is 4.79 Å². The number of hydrogen-bond donors (Lipinski definition) is 2. The van der Waals surface area contributed by atoms with Crippen molar-refractivity contribution < 1.29 is 9.53 Å². The van der Waals surface area contributed by atoms with Crippen molar-refractivity contribution in [1.82, 2.24) is 0 Å². The van der Waals surface area contributed by atoms with Gasteiger partial charge in [0.25, 0.3) is 0 Å². The number of rotatable bonds is 5. The van der Waals surface area contributed by atoms with Gasteiger partial charge in [0.15, 0.2) is 0 Å². The van der Waals surface area contributed by atoms with Gasteiger partial charge in [-0.05, 0) is 25.7 Å². The molecule has 5 heteroatoms. The van der Waals surface area contributed by atoms with Crippen molar-refractivity contribution in [3.8, 4) is 0 Å². The summed E-state index contributed by atoms with van der Waals surface area (Å²) in [6.45, 7) is 0.745. The average Bonchev–Trinajstić information content (AvgIpc) is 2.18. The third kappa shape index (κ3) is 3.66. The number of methoxy groups -OCH3 is 1. The van der Waals surface area contributed by atoms with Crippen LogP contribution < -0.4 is 11.5 Å². The van der Waals surface area contributed by atoms with Gasteiger partial charge in [0.1, 0.15) is 0 Å². The highest BCUT2D eigenvalue weighted by molar-refractivity contribution is 7.99. The highest BCUT2D eigenvalue weighted by atomic mass is 32.2. The maximum atomic E-state index is 11.2. The van der Waals surface area contributed by atoms with Gasteiger partial charge in [0, 0.05) is 18.1 Å². The Labute approximate surface area is 95.1 Å². The van der Waals surface area contributed by atoms with Crippen molar-refractivity contribution in [1.29, 1.82) is 0 Å². The third-order valence-electron chi connectivity index (χ3n) is 2.87. The topological polar surface area (TPSA) is 78.3 Å². The predicted octanol–water partition coefficient (Wildman–Crippen LogP) is 0.491. The number of carbonyl (C=O) groups excluding carboxylic acids is 1. The molecule has 0 aliphatic heterocycles. The molecule has 2 atom stereocenters. The smallest absolute Gasteiger partial charge is 0.237 e. The van der Waals surface area contributed by atoms with Gasteiger partial charge < -0.3 is 16.2 Å². The molecule has 2 unspecified atom stereocenters. The van der Waals surface area contributed by atoms with Gasteiger partial charge >= 0.3 is 0 Å². The van der Waals surface area contributed by atoms with Crippen LogP contribution in [0.2, 0.25) is 0 Å². The maximum Gasteiger partial charge on any atom is 0.237 e. The minimum atomic E-state index is -0.775. The lowest BCUT2D eigenvalue weighted by Crippen LogP contribution is -2.55. The molecule has 1 amide bonds. The number of carbonyl (C=O) groups is 1. The second-order valence-corrected chi connectivity index (χ2v) is 5.51. The van der Waals surface area contributed by atoms with Crippen molar-refractivity contribution in [2.75, 3.05) is 19.5 Å². The predicted molar refractivity (Wildman–Crippen MR) is 62.7 cm³/mol. The summed E-state index contributed by atoms with van der Waals surface area (Å²) in [5.74, 6) is 0.593. The van der Waals surface area contributed by atoms with Crippen LogP contribution in [0.25, 0.3) is 0 Å². The first-order valence-corrected chi connectivity index (χ1v) is 6.33. The summed E-state index contributed by atoms with van der Waals surface area (Å²) >= 11 is 1.83. The molecule has 1 fully saturated rings. The highest BCUT2D eigenvalue weighted by Gasteiger charge is 2.37. The molecule has 0 spiro atoms. The van der Waals surface area contributed by atoms with Gasteiger partial charge in [0.2, 0.25) is 5.91 Å². The molecular formula is C10H20N2O2S. The van der Waals surface area contributed by atoms with E-state index < -0.39 is 5.54 Å². The summed E-state index contributed by atoms with van der Waals surface area (Å²) in [6, 6.07) is 0. The number of primary amides is 1. The fourth-order valence-electron chi connectivity index (χ4n) is 1.92. The highest BCUT2D eigenvalue weighted by Crippen LogP contribution is 2.33. The van der Waals surface area contributed by atoms with E-state index in [1.165, 1.54) is 0 Å². The first-order valence-electron chi connectivity index (χ1n) is 5.28. The summed E-state index contributed by atoms with van der Waals surface area (Å²) in [7, 11) is 1.69. The van der Waals surface area contributed by atoms with E-state index in [2.05, 4.69) is 0 Å². The summed E-state index contributed by atoms with van der Waals surface area (Å²) in [5, 5.41) is 0.450.